The lowest BCUT2D eigenvalue weighted by Crippen LogP contribution is -2.43. The molecule has 2 N–H and O–H groups in total. The highest BCUT2D eigenvalue weighted by Gasteiger charge is 2.36. The topological polar surface area (TPSA) is 24.1 Å². The van der Waals surface area contributed by atoms with Crippen molar-refractivity contribution in [1.29, 1.82) is 0 Å². The predicted octanol–water partition coefficient (Wildman–Crippen LogP) is 3.49. The third-order valence-corrected chi connectivity index (χ3v) is 3.63. The van der Waals surface area contributed by atoms with E-state index in [-0.39, 0.29) is 5.66 Å². The lowest BCUT2D eigenvalue weighted by atomic mass is 9.89. The van der Waals surface area contributed by atoms with Crippen molar-refractivity contribution < 1.29 is 0 Å². The van der Waals surface area contributed by atoms with E-state index in [4.69, 9.17) is 0 Å². The Balaban J connectivity index is 1.90. The van der Waals surface area contributed by atoms with E-state index in [2.05, 4.69) is 35.8 Å². The van der Waals surface area contributed by atoms with Gasteiger partial charge in [-0.15, -0.1) is 0 Å². The van der Waals surface area contributed by atoms with Crippen molar-refractivity contribution in [3.05, 3.63) is 23.8 Å². The van der Waals surface area contributed by atoms with Gasteiger partial charge in [0, 0.05) is 0 Å². The van der Waals surface area contributed by atoms with E-state index in [1.54, 1.807) is 0 Å². The van der Waals surface area contributed by atoms with Gasteiger partial charge >= 0.3 is 0 Å². The molecular weight excluding hydrogens is 184 g/mol. The van der Waals surface area contributed by atoms with Crippen LogP contribution in [0.15, 0.2) is 18.2 Å². The molecule has 1 heterocycles. The van der Waals surface area contributed by atoms with Crippen LogP contribution in [0.2, 0.25) is 0 Å². The van der Waals surface area contributed by atoms with Crippen LogP contribution < -0.4 is 10.6 Å². The summed E-state index contributed by atoms with van der Waals surface area (Å²) in [5, 5.41) is 7.35. The smallest absolute Gasteiger partial charge is 0.108 e. The zero-order valence-corrected chi connectivity index (χ0v) is 9.27. The first kappa shape index (κ1) is 9.08. The number of aryl methyl sites for hydroxylation is 1. The summed E-state index contributed by atoms with van der Waals surface area (Å²) in [5.74, 6) is 0. The monoisotopic (exact) mass is 202 g/mol. The molecule has 0 aromatic heterocycles. The van der Waals surface area contributed by atoms with Crippen LogP contribution >= 0.6 is 0 Å². The van der Waals surface area contributed by atoms with Gasteiger partial charge in [-0.25, -0.2) is 0 Å². The Morgan fingerprint density at radius 1 is 1.00 bits per heavy atom. The first-order valence-corrected chi connectivity index (χ1v) is 5.95. The van der Waals surface area contributed by atoms with Gasteiger partial charge in [0.05, 0.1) is 11.4 Å². The van der Waals surface area contributed by atoms with E-state index in [0.29, 0.717) is 0 Å². The van der Waals surface area contributed by atoms with Crippen molar-refractivity contribution >= 4 is 11.4 Å². The maximum atomic E-state index is 3.68. The van der Waals surface area contributed by atoms with Gasteiger partial charge in [0.1, 0.15) is 5.66 Å². The van der Waals surface area contributed by atoms with Gasteiger partial charge in [-0.2, -0.15) is 0 Å². The van der Waals surface area contributed by atoms with E-state index >= 15 is 0 Å². The van der Waals surface area contributed by atoms with Crippen LogP contribution in [-0.4, -0.2) is 5.66 Å². The lowest BCUT2D eigenvalue weighted by Gasteiger charge is -2.34. The third kappa shape index (κ3) is 1.48. The molecule has 2 aliphatic rings. The van der Waals surface area contributed by atoms with Crippen LogP contribution in [0.4, 0.5) is 11.4 Å². The van der Waals surface area contributed by atoms with Gasteiger partial charge in [0.15, 0.2) is 0 Å². The van der Waals surface area contributed by atoms with Crippen molar-refractivity contribution in [2.24, 2.45) is 0 Å². The number of hydrogen-bond donors (Lipinski definition) is 2. The van der Waals surface area contributed by atoms with Crippen molar-refractivity contribution in [2.45, 2.75) is 44.7 Å². The van der Waals surface area contributed by atoms with Crippen LogP contribution in [0.25, 0.3) is 0 Å². The highest BCUT2D eigenvalue weighted by Crippen LogP contribution is 2.41. The standard InChI is InChI=1S/C13H18N2/c1-10-5-6-11-12(9-10)15-13(14-11)7-3-2-4-8-13/h5-6,9,14-15H,2-4,7-8H2,1H3. The Kier molecular flexibility index (Phi) is 1.91. The minimum absolute atomic E-state index is 0.175. The minimum atomic E-state index is 0.175. The number of anilines is 2. The third-order valence-electron chi connectivity index (χ3n) is 3.63. The van der Waals surface area contributed by atoms with Crippen molar-refractivity contribution in [2.75, 3.05) is 10.6 Å². The Labute approximate surface area is 91.1 Å². The summed E-state index contributed by atoms with van der Waals surface area (Å²) in [7, 11) is 0. The zero-order chi connectivity index (χ0) is 10.3. The normalized spacial score (nSPS) is 21.9. The molecule has 1 aliphatic heterocycles. The quantitative estimate of drug-likeness (QED) is 0.673. The summed E-state index contributed by atoms with van der Waals surface area (Å²) in [4.78, 5) is 0. The van der Waals surface area contributed by atoms with Gasteiger partial charge in [-0.05, 0) is 50.3 Å². The van der Waals surface area contributed by atoms with E-state index < -0.39 is 0 Å². The fourth-order valence-electron chi connectivity index (χ4n) is 2.82. The number of hydrogen-bond acceptors (Lipinski definition) is 2. The molecule has 0 atom stereocenters. The fourth-order valence-corrected chi connectivity index (χ4v) is 2.82. The van der Waals surface area contributed by atoms with Crippen LogP contribution in [-0.2, 0) is 0 Å². The average molecular weight is 202 g/mol. The molecule has 1 aromatic carbocycles. The van der Waals surface area contributed by atoms with Crippen molar-refractivity contribution in [3.63, 3.8) is 0 Å². The predicted molar refractivity (Wildman–Crippen MR) is 64.2 cm³/mol. The van der Waals surface area contributed by atoms with Gasteiger partial charge in [-0.1, -0.05) is 12.5 Å². The molecule has 80 valence electrons. The van der Waals surface area contributed by atoms with E-state index in [1.807, 2.05) is 0 Å². The maximum Gasteiger partial charge on any atom is 0.108 e. The SMILES string of the molecule is Cc1ccc2c(c1)NC1(CCCCC1)N2. The number of fused-ring (bicyclic) bond motifs is 1. The molecule has 1 spiro atoms. The molecule has 2 heteroatoms. The Morgan fingerprint density at radius 3 is 2.53 bits per heavy atom. The average Bonchev–Trinajstić information content (AvgIpc) is 2.56. The van der Waals surface area contributed by atoms with Gasteiger partial charge in [-0.3, -0.25) is 0 Å². The number of benzene rings is 1. The van der Waals surface area contributed by atoms with Crippen LogP contribution in [0.3, 0.4) is 0 Å². The molecule has 1 fully saturated rings. The van der Waals surface area contributed by atoms with Crippen molar-refractivity contribution in [3.8, 4) is 0 Å². The zero-order valence-electron chi connectivity index (χ0n) is 9.27. The molecule has 0 radical (unpaired) electrons. The first-order chi connectivity index (χ1) is 7.27. The highest BCUT2D eigenvalue weighted by molar-refractivity contribution is 5.76. The summed E-state index contributed by atoms with van der Waals surface area (Å²) in [5.41, 5.74) is 4.07. The summed E-state index contributed by atoms with van der Waals surface area (Å²) < 4.78 is 0. The molecule has 3 rings (SSSR count). The molecule has 15 heavy (non-hydrogen) atoms. The van der Waals surface area contributed by atoms with Crippen molar-refractivity contribution in [1.82, 2.24) is 0 Å². The second kappa shape index (κ2) is 3.16. The van der Waals surface area contributed by atoms with Crippen LogP contribution in [0, 0.1) is 6.92 Å². The van der Waals surface area contributed by atoms with Gasteiger partial charge in [0.25, 0.3) is 0 Å². The molecule has 1 saturated carbocycles. The number of nitrogens with one attached hydrogen (secondary N) is 2. The molecule has 1 aliphatic carbocycles. The molecular formula is C13H18N2. The molecule has 1 aromatic rings. The summed E-state index contributed by atoms with van der Waals surface area (Å²) in [6.45, 7) is 2.15. The Bertz CT molecular complexity index is 378. The number of rotatable bonds is 0. The van der Waals surface area contributed by atoms with E-state index in [9.17, 15) is 0 Å². The molecule has 0 unspecified atom stereocenters. The summed E-state index contributed by atoms with van der Waals surface area (Å²) in [6.07, 6.45) is 6.57. The molecule has 0 amide bonds. The molecule has 0 bridgehead atoms. The fraction of sp³-hybridized carbons (Fsp3) is 0.538. The second-order valence-electron chi connectivity index (χ2n) is 4.94. The Hall–Kier alpha value is -1.18. The second-order valence-corrected chi connectivity index (χ2v) is 4.94. The minimum Gasteiger partial charge on any atom is -0.361 e. The van der Waals surface area contributed by atoms with Crippen LogP contribution in [0.1, 0.15) is 37.7 Å². The highest BCUT2D eigenvalue weighted by atomic mass is 15.3. The lowest BCUT2D eigenvalue weighted by molar-refractivity contribution is 0.367. The van der Waals surface area contributed by atoms with Gasteiger partial charge in [0.2, 0.25) is 0 Å². The van der Waals surface area contributed by atoms with Gasteiger partial charge < -0.3 is 10.6 Å². The molecule has 0 saturated heterocycles. The Morgan fingerprint density at radius 2 is 1.73 bits per heavy atom. The van der Waals surface area contributed by atoms with E-state index in [0.717, 1.165) is 0 Å². The first-order valence-electron chi connectivity index (χ1n) is 5.95. The van der Waals surface area contributed by atoms with E-state index in [1.165, 1.54) is 49.0 Å². The molecule has 2 nitrogen and oxygen atoms in total. The van der Waals surface area contributed by atoms with Crippen LogP contribution in [0.5, 0.6) is 0 Å². The maximum absolute atomic E-state index is 3.68. The summed E-state index contributed by atoms with van der Waals surface area (Å²) >= 11 is 0. The summed E-state index contributed by atoms with van der Waals surface area (Å²) in [6, 6.07) is 6.61. The largest absolute Gasteiger partial charge is 0.361 e.